The van der Waals surface area contributed by atoms with E-state index in [9.17, 15) is 10.1 Å². The number of esters is 1. The molecular weight excluding hydrogens is 366 g/mol. The van der Waals surface area contributed by atoms with E-state index in [2.05, 4.69) is 16.0 Å². The Labute approximate surface area is 167 Å². The summed E-state index contributed by atoms with van der Waals surface area (Å²) < 4.78 is 10.9. The van der Waals surface area contributed by atoms with Crippen molar-refractivity contribution in [1.29, 1.82) is 5.26 Å². The van der Waals surface area contributed by atoms with Crippen molar-refractivity contribution in [3.63, 3.8) is 0 Å². The number of hydrogen-bond acceptors (Lipinski definition) is 5. The number of benzene rings is 2. The minimum absolute atomic E-state index is 0.317. The molecule has 0 aliphatic heterocycles. The zero-order valence-electron chi connectivity index (χ0n) is 15.7. The number of para-hydroxylation sites is 2. The van der Waals surface area contributed by atoms with Gasteiger partial charge in [0.05, 0.1) is 28.8 Å². The van der Waals surface area contributed by atoms with E-state index in [0.717, 1.165) is 16.6 Å². The predicted octanol–water partition coefficient (Wildman–Crippen LogP) is 5.06. The van der Waals surface area contributed by atoms with Crippen molar-refractivity contribution in [3.05, 3.63) is 77.8 Å². The van der Waals surface area contributed by atoms with E-state index in [4.69, 9.17) is 9.15 Å². The van der Waals surface area contributed by atoms with Crippen molar-refractivity contribution in [2.75, 3.05) is 6.61 Å². The number of nitriles is 1. The van der Waals surface area contributed by atoms with Crippen molar-refractivity contribution >= 4 is 28.7 Å². The lowest BCUT2D eigenvalue weighted by Crippen LogP contribution is -2.04. The van der Waals surface area contributed by atoms with Crippen LogP contribution in [0.3, 0.4) is 0 Å². The van der Waals surface area contributed by atoms with E-state index in [0.29, 0.717) is 35.1 Å². The van der Waals surface area contributed by atoms with Gasteiger partial charge in [0.2, 0.25) is 0 Å². The van der Waals surface area contributed by atoms with Crippen LogP contribution in [-0.2, 0) is 4.74 Å². The molecule has 4 aromatic rings. The van der Waals surface area contributed by atoms with Crippen LogP contribution < -0.4 is 0 Å². The van der Waals surface area contributed by atoms with E-state index in [1.165, 1.54) is 0 Å². The van der Waals surface area contributed by atoms with E-state index in [1.807, 2.05) is 30.3 Å². The third-order valence-electron chi connectivity index (χ3n) is 4.34. The van der Waals surface area contributed by atoms with Gasteiger partial charge in [0, 0.05) is 11.6 Å². The molecule has 4 rings (SSSR count). The van der Waals surface area contributed by atoms with Crippen LogP contribution in [0, 0.1) is 11.3 Å². The molecule has 0 radical (unpaired) electrons. The molecule has 0 fully saturated rings. The summed E-state index contributed by atoms with van der Waals surface area (Å²) in [6, 6.07) is 20.3. The second-order valence-electron chi connectivity index (χ2n) is 6.28. The first kappa shape index (κ1) is 18.3. The van der Waals surface area contributed by atoms with Gasteiger partial charge in [0.25, 0.3) is 0 Å². The van der Waals surface area contributed by atoms with Crippen LogP contribution in [0.4, 0.5) is 0 Å². The van der Waals surface area contributed by atoms with Gasteiger partial charge in [-0.05, 0) is 43.3 Å². The number of hydrogen-bond donors (Lipinski definition) is 1. The van der Waals surface area contributed by atoms with Gasteiger partial charge in [-0.25, -0.2) is 9.78 Å². The molecule has 2 aromatic carbocycles. The maximum Gasteiger partial charge on any atom is 0.338 e. The lowest BCUT2D eigenvalue weighted by molar-refractivity contribution is 0.0526. The first-order chi connectivity index (χ1) is 14.2. The van der Waals surface area contributed by atoms with Gasteiger partial charge in [0.1, 0.15) is 23.4 Å². The third kappa shape index (κ3) is 3.80. The molecule has 0 saturated heterocycles. The number of aromatic amines is 1. The minimum Gasteiger partial charge on any atom is -0.462 e. The molecule has 2 heterocycles. The number of nitrogens with zero attached hydrogens (tertiary/aromatic N) is 2. The van der Waals surface area contributed by atoms with E-state index in [-0.39, 0.29) is 5.97 Å². The van der Waals surface area contributed by atoms with E-state index in [1.54, 1.807) is 43.3 Å². The van der Waals surface area contributed by atoms with Crippen LogP contribution in [0.15, 0.2) is 65.1 Å². The fraction of sp³-hybridized carbons (Fsp3) is 0.0870. The fourth-order valence-corrected chi connectivity index (χ4v) is 2.98. The highest BCUT2D eigenvalue weighted by Crippen LogP contribution is 2.26. The number of carbonyl (C=O) groups excluding carboxylic acids is 1. The van der Waals surface area contributed by atoms with Crippen molar-refractivity contribution < 1.29 is 13.9 Å². The summed E-state index contributed by atoms with van der Waals surface area (Å²) in [7, 11) is 0. The molecule has 0 atom stereocenters. The Morgan fingerprint density at radius 2 is 2.07 bits per heavy atom. The Hall–Kier alpha value is -4.11. The van der Waals surface area contributed by atoms with E-state index >= 15 is 0 Å². The maximum absolute atomic E-state index is 11.9. The van der Waals surface area contributed by atoms with Gasteiger partial charge in [-0.2, -0.15) is 5.26 Å². The summed E-state index contributed by atoms with van der Waals surface area (Å²) in [5.74, 6) is 1.21. The standard InChI is InChI=1S/C23H17N3O3/c1-2-28-23(27)16-7-5-6-15(12-16)21-11-10-18(29-21)13-17(14-24)22-25-19-8-3-4-9-20(19)26-22/h3-13H,2H2,1H3,(H,25,26)/b17-13+. The number of fused-ring (bicyclic) bond motifs is 1. The molecule has 6 heteroatoms. The number of nitrogens with one attached hydrogen (secondary N) is 1. The third-order valence-corrected chi connectivity index (χ3v) is 4.34. The lowest BCUT2D eigenvalue weighted by Gasteiger charge is -2.03. The summed E-state index contributed by atoms with van der Waals surface area (Å²) in [4.78, 5) is 19.5. The van der Waals surface area contributed by atoms with Crippen LogP contribution in [-0.4, -0.2) is 22.5 Å². The largest absolute Gasteiger partial charge is 0.462 e. The zero-order valence-corrected chi connectivity index (χ0v) is 15.7. The lowest BCUT2D eigenvalue weighted by atomic mass is 10.1. The SMILES string of the molecule is CCOC(=O)c1cccc(-c2ccc(/C=C(\C#N)c3nc4ccccc4[nH]3)o2)c1. The molecule has 0 saturated carbocycles. The Morgan fingerprint density at radius 1 is 1.21 bits per heavy atom. The van der Waals surface area contributed by atoms with Gasteiger partial charge in [-0.15, -0.1) is 0 Å². The number of H-pyrrole nitrogens is 1. The van der Waals surface area contributed by atoms with Crippen molar-refractivity contribution in [2.45, 2.75) is 6.92 Å². The number of aromatic nitrogens is 2. The molecule has 29 heavy (non-hydrogen) atoms. The van der Waals surface area contributed by atoms with Gasteiger partial charge >= 0.3 is 5.97 Å². The normalized spacial score (nSPS) is 11.4. The molecule has 0 spiro atoms. The van der Waals surface area contributed by atoms with E-state index < -0.39 is 0 Å². The van der Waals surface area contributed by atoms with Gasteiger partial charge in [-0.1, -0.05) is 24.3 Å². The quantitative estimate of drug-likeness (QED) is 0.384. The van der Waals surface area contributed by atoms with Crippen molar-refractivity contribution in [3.8, 4) is 17.4 Å². The average molecular weight is 383 g/mol. The highest BCUT2D eigenvalue weighted by molar-refractivity contribution is 5.91. The summed E-state index contributed by atoms with van der Waals surface area (Å²) in [6.45, 7) is 2.08. The molecule has 6 nitrogen and oxygen atoms in total. The van der Waals surface area contributed by atoms with Crippen LogP contribution in [0.2, 0.25) is 0 Å². The molecule has 0 aliphatic rings. The first-order valence-corrected chi connectivity index (χ1v) is 9.12. The number of rotatable bonds is 5. The van der Waals surface area contributed by atoms with Gasteiger partial charge in [-0.3, -0.25) is 0 Å². The summed E-state index contributed by atoms with van der Waals surface area (Å²) in [6.07, 6.45) is 1.64. The second kappa shape index (κ2) is 7.87. The molecule has 0 amide bonds. The molecule has 1 N–H and O–H groups in total. The maximum atomic E-state index is 11.9. The number of carbonyl (C=O) groups is 1. The molecule has 2 aromatic heterocycles. The smallest absolute Gasteiger partial charge is 0.338 e. The highest BCUT2D eigenvalue weighted by Gasteiger charge is 2.12. The zero-order chi connectivity index (χ0) is 20.2. The van der Waals surface area contributed by atoms with Crippen LogP contribution >= 0.6 is 0 Å². The van der Waals surface area contributed by atoms with Crippen LogP contribution in [0.5, 0.6) is 0 Å². The van der Waals surface area contributed by atoms with Crippen LogP contribution in [0.1, 0.15) is 28.9 Å². The van der Waals surface area contributed by atoms with Crippen molar-refractivity contribution in [2.24, 2.45) is 0 Å². The highest BCUT2D eigenvalue weighted by atomic mass is 16.5. The monoisotopic (exact) mass is 383 g/mol. The molecule has 0 aliphatic carbocycles. The Balaban J connectivity index is 1.64. The minimum atomic E-state index is -0.377. The Kier molecular flexibility index (Phi) is 4.95. The van der Waals surface area contributed by atoms with Gasteiger partial charge < -0.3 is 14.1 Å². The van der Waals surface area contributed by atoms with Crippen molar-refractivity contribution in [1.82, 2.24) is 9.97 Å². The molecule has 142 valence electrons. The Bertz CT molecular complexity index is 1220. The summed E-state index contributed by atoms with van der Waals surface area (Å²) >= 11 is 0. The topological polar surface area (TPSA) is 91.9 Å². The first-order valence-electron chi connectivity index (χ1n) is 9.12. The fourth-order valence-electron chi connectivity index (χ4n) is 2.98. The predicted molar refractivity (Wildman–Crippen MR) is 110 cm³/mol. The number of imidazole rings is 1. The number of ether oxygens (including phenoxy) is 1. The average Bonchev–Trinajstić information content (AvgIpc) is 3.39. The number of furan rings is 1. The second-order valence-corrected chi connectivity index (χ2v) is 6.28. The molecule has 0 unspecified atom stereocenters. The van der Waals surface area contributed by atoms with Crippen LogP contribution in [0.25, 0.3) is 34.0 Å². The number of allylic oxidation sites excluding steroid dienone is 1. The molecular formula is C23H17N3O3. The summed E-state index contributed by atoms with van der Waals surface area (Å²) in [5.41, 5.74) is 3.22. The molecule has 0 bridgehead atoms. The summed E-state index contributed by atoms with van der Waals surface area (Å²) in [5, 5.41) is 9.57. The van der Waals surface area contributed by atoms with Gasteiger partial charge in [0.15, 0.2) is 0 Å². The Morgan fingerprint density at radius 3 is 2.86 bits per heavy atom.